The van der Waals surface area contributed by atoms with Gasteiger partial charge in [0, 0.05) is 21.4 Å². The second-order valence-electron chi connectivity index (χ2n) is 0.446. The standard InChI is InChI=1S/Cl2O2S.O2S/c1-5(2,3)4;1-3-2. The molecule has 0 N–H and O–H groups in total. The monoisotopic (exact) mass is 198 g/mol. The molecule has 0 unspecified atom stereocenters. The molecule has 50 valence electrons. The second kappa shape index (κ2) is 5.49. The van der Waals surface area contributed by atoms with E-state index in [1.54, 1.807) is 0 Å². The highest BCUT2D eigenvalue weighted by Crippen LogP contribution is 1.98. The molecular weight excluding hydrogens is 199 g/mol. The zero-order chi connectivity index (χ0) is 7.21. The Kier molecular flexibility index (Phi) is 7.67. The summed E-state index contributed by atoms with van der Waals surface area (Å²) in [6.07, 6.45) is 0. The summed E-state index contributed by atoms with van der Waals surface area (Å²) in [6, 6.07) is 0. The molecule has 4 nitrogen and oxygen atoms in total. The Bertz CT molecular complexity index is 152. The first kappa shape index (κ1) is 11.2. The van der Waals surface area contributed by atoms with Gasteiger partial charge in [0.15, 0.2) is 0 Å². The Balaban J connectivity index is 0. The number of halogens is 2. The molecule has 8 heteroatoms. The van der Waals surface area contributed by atoms with E-state index in [4.69, 9.17) is 16.8 Å². The van der Waals surface area contributed by atoms with Crippen LogP contribution in [0.3, 0.4) is 0 Å². The Morgan fingerprint density at radius 1 is 1.12 bits per heavy atom. The predicted octanol–water partition coefficient (Wildman–Crippen LogP) is 0.0386. The maximum Gasteiger partial charge on any atom is 0.335 e. The van der Waals surface area contributed by atoms with E-state index in [1.165, 1.54) is 0 Å². The molecule has 0 heterocycles. The minimum Gasteiger partial charge on any atom is -0.195 e. The van der Waals surface area contributed by atoms with Gasteiger partial charge in [-0.2, -0.15) is 16.8 Å². The Morgan fingerprint density at radius 2 is 1.12 bits per heavy atom. The quantitative estimate of drug-likeness (QED) is 0.516. The summed E-state index contributed by atoms with van der Waals surface area (Å²) < 4.78 is 34.9. The molecule has 0 spiro atoms. The van der Waals surface area contributed by atoms with E-state index in [0.717, 1.165) is 0 Å². The van der Waals surface area contributed by atoms with Crippen molar-refractivity contribution in [3.63, 3.8) is 0 Å². The first-order valence-corrected chi connectivity index (χ1v) is 4.78. The van der Waals surface area contributed by atoms with Crippen molar-refractivity contribution in [1.82, 2.24) is 0 Å². The maximum absolute atomic E-state index is 9.16. The molecule has 0 amide bonds. The van der Waals surface area contributed by atoms with Crippen molar-refractivity contribution in [1.29, 1.82) is 0 Å². The number of rotatable bonds is 0. The fourth-order valence-electron chi connectivity index (χ4n) is 0. The van der Waals surface area contributed by atoms with E-state index in [9.17, 15) is 0 Å². The molecule has 0 aliphatic rings. The topological polar surface area (TPSA) is 68.3 Å². The van der Waals surface area contributed by atoms with Gasteiger partial charge in [-0.3, -0.25) is 0 Å². The predicted molar refractivity (Wildman–Crippen MR) is 29.5 cm³/mol. The highest BCUT2D eigenvalue weighted by Gasteiger charge is 1.88. The highest BCUT2D eigenvalue weighted by molar-refractivity contribution is 8.31. The second-order valence-corrected chi connectivity index (χ2v) is 4.25. The fourth-order valence-corrected chi connectivity index (χ4v) is 0. The summed E-state index contributed by atoms with van der Waals surface area (Å²) in [5.74, 6) is 0. The van der Waals surface area contributed by atoms with Crippen LogP contribution >= 0.6 is 21.4 Å². The van der Waals surface area contributed by atoms with Gasteiger partial charge in [-0.1, -0.05) is 0 Å². The minimum absolute atomic E-state index is 0.750. The van der Waals surface area contributed by atoms with Crippen LogP contribution in [-0.4, -0.2) is 16.8 Å². The first-order chi connectivity index (χ1) is 3.41. The SMILES string of the molecule is O=S(=O)(Cl)Cl.O=S=O. The summed E-state index contributed by atoms with van der Waals surface area (Å²) in [4.78, 5) is 0. The van der Waals surface area contributed by atoms with Crippen LogP contribution in [-0.2, 0) is 19.8 Å². The third-order valence-electron chi connectivity index (χ3n) is 0. The summed E-state index contributed by atoms with van der Waals surface area (Å²) in [6.45, 7) is 0. The van der Waals surface area contributed by atoms with Gasteiger partial charge in [-0.25, -0.2) is 0 Å². The molecule has 0 rings (SSSR count). The van der Waals surface area contributed by atoms with Crippen molar-refractivity contribution in [2.24, 2.45) is 0 Å². The summed E-state index contributed by atoms with van der Waals surface area (Å²) in [7, 11) is 4.81. The van der Waals surface area contributed by atoms with E-state index in [0.29, 0.717) is 0 Å². The molecule has 0 aliphatic carbocycles. The van der Waals surface area contributed by atoms with E-state index < -0.39 is 19.8 Å². The molecule has 0 radical (unpaired) electrons. The Hall–Kier alpha value is 0.350. The average molecular weight is 199 g/mol. The molecule has 8 heavy (non-hydrogen) atoms. The average Bonchev–Trinajstić information content (AvgIpc) is 1.27. The molecule has 0 aromatic rings. The van der Waals surface area contributed by atoms with Crippen molar-refractivity contribution < 1.29 is 16.8 Å². The van der Waals surface area contributed by atoms with Crippen molar-refractivity contribution in [3.05, 3.63) is 0 Å². The lowest BCUT2D eigenvalue weighted by molar-refractivity contribution is 0.621. The van der Waals surface area contributed by atoms with Crippen molar-refractivity contribution in [2.45, 2.75) is 0 Å². The van der Waals surface area contributed by atoms with Gasteiger partial charge in [-0.15, -0.1) is 0 Å². The summed E-state index contributed by atoms with van der Waals surface area (Å²) in [5, 5.41) is 0. The molecule has 0 aliphatic heterocycles. The third kappa shape index (κ3) is 1480. The largest absolute Gasteiger partial charge is 0.335 e. The summed E-state index contributed by atoms with van der Waals surface area (Å²) >= 11 is -0.750. The van der Waals surface area contributed by atoms with Crippen LogP contribution in [0.4, 0.5) is 0 Å². The molecule has 0 saturated carbocycles. The third-order valence-corrected chi connectivity index (χ3v) is 0. The smallest absolute Gasteiger partial charge is 0.195 e. The maximum atomic E-state index is 9.16. The van der Waals surface area contributed by atoms with Crippen molar-refractivity contribution in [2.75, 3.05) is 0 Å². The molecular formula is Cl2O4S2. The first-order valence-electron chi connectivity index (χ1n) is 0.975. The van der Waals surface area contributed by atoms with Gasteiger partial charge in [0.1, 0.15) is 0 Å². The van der Waals surface area contributed by atoms with Crippen LogP contribution in [0.5, 0.6) is 0 Å². The zero-order valence-corrected chi connectivity index (χ0v) is 6.35. The lowest BCUT2D eigenvalue weighted by atomic mass is 15.9. The van der Waals surface area contributed by atoms with Crippen LogP contribution in [0.1, 0.15) is 0 Å². The van der Waals surface area contributed by atoms with Crippen molar-refractivity contribution >= 4 is 41.2 Å². The minimum atomic E-state index is -3.72. The molecule has 0 atom stereocenters. The fraction of sp³-hybridized carbons (Fsp3) is 0. The van der Waals surface area contributed by atoms with Crippen LogP contribution in [0, 0.1) is 0 Å². The van der Waals surface area contributed by atoms with E-state index in [-0.39, 0.29) is 0 Å². The van der Waals surface area contributed by atoms with Gasteiger partial charge in [-0.05, 0) is 0 Å². The van der Waals surface area contributed by atoms with Gasteiger partial charge >= 0.3 is 19.8 Å². The van der Waals surface area contributed by atoms with Crippen LogP contribution in [0.15, 0.2) is 0 Å². The molecule has 0 bridgehead atoms. The lowest BCUT2D eigenvalue weighted by Gasteiger charge is -1.61. The van der Waals surface area contributed by atoms with Crippen LogP contribution in [0.2, 0.25) is 0 Å². The van der Waals surface area contributed by atoms with Crippen LogP contribution < -0.4 is 0 Å². The molecule has 0 aromatic heterocycles. The Morgan fingerprint density at radius 3 is 1.12 bits per heavy atom. The van der Waals surface area contributed by atoms with Gasteiger partial charge in [0.25, 0.3) is 0 Å². The summed E-state index contributed by atoms with van der Waals surface area (Å²) in [5.41, 5.74) is 0. The van der Waals surface area contributed by atoms with E-state index >= 15 is 0 Å². The van der Waals surface area contributed by atoms with Gasteiger partial charge in [0.05, 0.1) is 0 Å². The molecule has 0 fully saturated rings. The Labute approximate surface area is 58.3 Å². The number of hydrogen-bond donors (Lipinski definition) is 0. The zero-order valence-electron chi connectivity index (χ0n) is 3.21. The van der Waals surface area contributed by atoms with Gasteiger partial charge in [0.2, 0.25) is 0 Å². The highest BCUT2D eigenvalue weighted by atomic mass is 36.0. The van der Waals surface area contributed by atoms with E-state index in [1.807, 2.05) is 0 Å². The number of hydrogen-bond acceptors (Lipinski definition) is 4. The van der Waals surface area contributed by atoms with Crippen molar-refractivity contribution in [3.8, 4) is 0 Å². The molecule has 0 aromatic carbocycles. The lowest BCUT2D eigenvalue weighted by Crippen LogP contribution is -1.63. The van der Waals surface area contributed by atoms with Crippen LogP contribution in [0.25, 0.3) is 0 Å². The van der Waals surface area contributed by atoms with Gasteiger partial charge < -0.3 is 0 Å². The molecule has 0 saturated heterocycles. The normalized spacial score (nSPS) is 8.75. The van der Waals surface area contributed by atoms with E-state index in [2.05, 4.69) is 21.4 Å².